The van der Waals surface area contributed by atoms with E-state index in [0.29, 0.717) is 24.8 Å². The van der Waals surface area contributed by atoms with Gasteiger partial charge in [-0.2, -0.15) is 4.98 Å². The zero-order chi connectivity index (χ0) is 13.4. The summed E-state index contributed by atoms with van der Waals surface area (Å²) in [5, 5.41) is 12.6. The highest BCUT2D eigenvalue weighted by Crippen LogP contribution is 2.05. The second-order valence-electron chi connectivity index (χ2n) is 4.06. The number of hydrogen-bond acceptors (Lipinski definition) is 5. The van der Waals surface area contributed by atoms with Gasteiger partial charge in [-0.15, -0.1) is 6.58 Å². The van der Waals surface area contributed by atoms with E-state index in [1.807, 2.05) is 0 Å². The van der Waals surface area contributed by atoms with Gasteiger partial charge in [0.2, 0.25) is 5.89 Å². The summed E-state index contributed by atoms with van der Waals surface area (Å²) in [7, 11) is 0. The molecule has 0 aliphatic heterocycles. The lowest BCUT2D eigenvalue weighted by Gasteiger charge is -2.15. The van der Waals surface area contributed by atoms with Crippen LogP contribution in [0.25, 0.3) is 0 Å². The molecule has 0 unspecified atom stereocenters. The molecule has 1 heterocycles. The van der Waals surface area contributed by atoms with E-state index >= 15 is 0 Å². The van der Waals surface area contributed by atoms with Crippen molar-refractivity contribution in [3.05, 3.63) is 24.4 Å². The van der Waals surface area contributed by atoms with E-state index in [4.69, 9.17) is 9.63 Å². The lowest BCUT2D eigenvalue weighted by atomic mass is 10.2. The fraction of sp³-hybridized carbons (Fsp3) is 0.583. The number of aryl methyl sites for hydroxylation is 1. The molecule has 1 rings (SSSR count). The van der Waals surface area contributed by atoms with Crippen LogP contribution in [0.4, 0.5) is 0 Å². The molecule has 0 fully saturated rings. The first-order valence-electron chi connectivity index (χ1n) is 6.02. The molecular formula is C12H19N3O3. The van der Waals surface area contributed by atoms with Crippen LogP contribution in [0.2, 0.25) is 0 Å². The van der Waals surface area contributed by atoms with Crippen LogP contribution in [0.1, 0.15) is 31.5 Å². The Balaban J connectivity index is 2.54. The van der Waals surface area contributed by atoms with Gasteiger partial charge >= 0.3 is 5.97 Å². The van der Waals surface area contributed by atoms with Gasteiger partial charge in [0.1, 0.15) is 0 Å². The predicted octanol–water partition coefficient (Wildman–Crippen LogP) is 1.48. The molecule has 0 aromatic carbocycles. The lowest BCUT2D eigenvalue weighted by molar-refractivity contribution is -0.138. The number of aromatic nitrogens is 2. The summed E-state index contributed by atoms with van der Waals surface area (Å²) in [5.41, 5.74) is 0. The van der Waals surface area contributed by atoms with Gasteiger partial charge in [0.25, 0.3) is 0 Å². The van der Waals surface area contributed by atoms with Crippen LogP contribution in [0.15, 0.2) is 17.2 Å². The standard InChI is InChI=1S/C12H19N3O3/c1-3-5-6-10-13-11(18-14-10)8-15(7-4-2)9-12(16)17/h4H,2-3,5-9H2,1H3,(H,16,17). The minimum Gasteiger partial charge on any atom is -0.480 e. The van der Waals surface area contributed by atoms with Crippen LogP contribution in [0.3, 0.4) is 0 Å². The van der Waals surface area contributed by atoms with E-state index in [0.717, 1.165) is 19.3 Å². The second kappa shape index (κ2) is 7.60. The van der Waals surface area contributed by atoms with E-state index < -0.39 is 5.97 Å². The van der Waals surface area contributed by atoms with Gasteiger partial charge in [0, 0.05) is 13.0 Å². The molecular weight excluding hydrogens is 234 g/mol. The third-order valence-electron chi connectivity index (χ3n) is 2.37. The Morgan fingerprint density at radius 2 is 2.39 bits per heavy atom. The third kappa shape index (κ3) is 5.09. The summed E-state index contributed by atoms with van der Waals surface area (Å²) < 4.78 is 5.09. The van der Waals surface area contributed by atoms with Crippen LogP contribution < -0.4 is 0 Å². The predicted molar refractivity (Wildman–Crippen MR) is 66.0 cm³/mol. The van der Waals surface area contributed by atoms with E-state index in [1.165, 1.54) is 0 Å². The zero-order valence-corrected chi connectivity index (χ0v) is 10.6. The van der Waals surface area contributed by atoms with Crippen LogP contribution in [-0.4, -0.2) is 39.2 Å². The normalized spacial score (nSPS) is 10.8. The Morgan fingerprint density at radius 3 is 3.00 bits per heavy atom. The van der Waals surface area contributed by atoms with Crippen molar-refractivity contribution in [2.45, 2.75) is 32.7 Å². The maximum Gasteiger partial charge on any atom is 0.317 e. The fourth-order valence-corrected chi connectivity index (χ4v) is 1.54. The first-order chi connectivity index (χ1) is 8.65. The second-order valence-corrected chi connectivity index (χ2v) is 4.06. The minimum absolute atomic E-state index is 0.0707. The first-order valence-corrected chi connectivity index (χ1v) is 6.02. The lowest BCUT2D eigenvalue weighted by Crippen LogP contribution is -2.29. The number of aliphatic carboxylic acids is 1. The fourth-order valence-electron chi connectivity index (χ4n) is 1.54. The average molecular weight is 253 g/mol. The molecule has 0 spiro atoms. The zero-order valence-electron chi connectivity index (χ0n) is 10.6. The number of carboxylic acids is 1. The van der Waals surface area contributed by atoms with Crippen LogP contribution in [0.5, 0.6) is 0 Å². The minimum atomic E-state index is -0.887. The van der Waals surface area contributed by atoms with E-state index in [9.17, 15) is 4.79 Å². The van der Waals surface area contributed by atoms with Crippen LogP contribution in [0, 0.1) is 0 Å². The maximum atomic E-state index is 10.7. The Kier molecular flexibility index (Phi) is 6.07. The number of carboxylic acid groups (broad SMARTS) is 1. The van der Waals surface area contributed by atoms with Crippen molar-refractivity contribution in [2.75, 3.05) is 13.1 Å². The quantitative estimate of drug-likeness (QED) is 0.671. The van der Waals surface area contributed by atoms with Gasteiger partial charge < -0.3 is 9.63 Å². The smallest absolute Gasteiger partial charge is 0.317 e. The van der Waals surface area contributed by atoms with Crippen LogP contribution in [-0.2, 0) is 17.8 Å². The summed E-state index contributed by atoms with van der Waals surface area (Å²) in [6, 6.07) is 0. The largest absolute Gasteiger partial charge is 0.480 e. The molecule has 6 nitrogen and oxygen atoms in total. The van der Waals surface area contributed by atoms with Gasteiger partial charge in [-0.3, -0.25) is 9.69 Å². The molecule has 6 heteroatoms. The van der Waals surface area contributed by atoms with E-state index in [2.05, 4.69) is 23.6 Å². The highest BCUT2D eigenvalue weighted by atomic mass is 16.5. The Hall–Kier alpha value is -1.69. The number of unbranched alkanes of at least 4 members (excludes halogenated alkanes) is 1. The molecule has 1 N–H and O–H groups in total. The van der Waals surface area contributed by atoms with Crippen molar-refractivity contribution < 1.29 is 14.4 Å². The van der Waals surface area contributed by atoms with Gasteiger partial charge in [-0.05, 0) is 6.42 Å². The molecule has 0 saturated carbocycles. The van der Waals surface area contributed by atoms with Crippen molar-refractivity contribution in [1.82, 2.24) is 15.0 Å². The van der Waals surface area contributed by atoms with Crippen molar-refractivity contribution in [3.63, 3.8) is 0 Å². The van der Waals surface area contributed by atoms with E-state index in [1.54, 1.807) is 11.0 Å². The topological polar surface area (TPSA) is 79.5 Å². The molecule has 100 valence electrons. The summed E-state index contributed by atoms with van der Waals surface area (Å²) in [5.74, 6) is 0.243. The summed E-state index contributed by atoms with van der Waals surface area (Å²) >= 11 is 0. The van der Waals surface area contributed by atoms with Crippen molar-refractivity contribution >= 4 is 5.97 Å². The number of hydrogen-bond donors (Lipinski definition) is 1. The molecule has 0 amide bonds. The molecule has 0 aliphatic carbocycles. The average Bonchev–Trinajstić information content (AvgIpc) is 2.73. The summed E-state index contributed by atoms with van der Waals surface area (Å²) in [6.07, 6.45) is 4.54. The molecule has 0 saturated heterocycles. The molecule has 0 bridgehead atoms. The molecule has 0 radical (unpaired) electrons. The van der Waals surface area contributed by atoms with Crippen molar-refractivity contribution in [2.24, 2.45) is 0 Å². The molecule has 0 atom stereocenters. The van der Waals surface area contributed by atoms with Gasteiger partial charge in [0.05, 0.1) is 13.1 Å². The Bertz CT molecular complexity index is 390. The summed E-state index contributed by atoms with van der Waals surface area (Å²) in [4.78, 5) is 16.6. The molecule has 1 aromatic rings. The molecule has 0 aliphatic rings. The maximum absolute atomic E-state index is 10.7. The van der Waals surface area contributed by atoms with Gasteiger partial charge in [0.15, 0.2) is 5.82 Å². The van der Waals surface area contributed by atoms with Crippen LogP contribution >= 0.6 is 0 Å². The van der Waals surface area contributed by atoms with Gasteiger partial charge in [-0.1, -0.05) is 24.6 Å². The number of nitrogens with zero attached hydrogens (tertiary/aromatic N) is 3. The number of carbonyl (C=O) groups is 1. The summed E-state index contributed by atoms with van der Waals surface area (Å²) in [6.45, 7) is 6.42. The van der Waals surface area contributed by atoms with Gasteiger partial charge in [-0.25, -0.2) is 0 Å². The first kappa shape index (κ1) is 14.4. The third-order valence-corrected chi connectivity index (χ3v) is 2.37. The molecule has 1 aromatic heterocycles. The highest BCUT2D eigenvalue weighted by Gasteiger charge is 2.13. The van der Waals surface area contributed by atoms with Crippen molar-refractivity contribution in [3.8, 4) is 0 Å². The van der Waals surface area contributed by atoms with Crippen molar-refractivity contribution in [1.29, 1.82) is 0 Å². The Labute approximate surface area is 106 Å². The number of rotatable bonds is 9. The SMILES string of the molecule is C=CCN(CC(=O)O)Cc1nc(CCCC)no1. The monoisotopic (exact) mass is 253 g/mol. The van der Waals surface area contributed by atoms with E-state index in [-0.39, 0.29) is 6.54 Å². The highest BCUT2D eigenvalue weighted by molar-refractivity contribution is 5.69. The Morgan fingerprint density at radius 1 is 1.61 bits per heavy atom. The molecule has 18 heavy (non-hydrogen) atoms.